The molecule has 0 bridgehead atoms. The number of hydrogen-bond donors (Lipinski definition) is 2. The molecule has 0 saturated heterocycles. The lowest BCUT2D eigenvalue weighted by molar-refractivity contribution is -0.136. The molecule has 0 aliphatic carbocycles. The summed E-state index contributed by atoms with van der Waals surface area (Å²) in [7, 11) is 0. The van der Waals surface area contributed by atoms with E-state index in [0.717, 1.165) is 5.56 Å². The summed E-state index contributed by atoms with van der Waals surface area (Å²) in [6.45, 7) is -0.117. The van der Waals surface area contributed by atoms with Crippen molar-refractivity contribution in [1.29, 1.82) is 0 Å². The fourth-order valence-electron chi connectivity index (χ4n) is 0.960. The summed E-state index contributed by atoms with van der Waals surface area (Å²) in [6.07, 6.45) is 4.67. The highest BCUT2D eigenvalue weighted by Crippen LogP contribution is 2.04. The molecule has 0 aromatic carbocycles. The smallest absolute Gasteiger partial charge is 0.303 e. The molecular formula is C9H10NO3. The van der Waals surface area contributed by atoms with Crippen molar-refractivity contribution >= 4 is 5.97 Å². The number of carbonyl (C=O) groups is 1. The van der Waals surface area contributed by atoms with Crippen LogP contribution in [0.5, 0.6) is 0 Å². The first-order valence-corrected chi connectivity index (χ1v) is 3.90. The average Bonchev–Trinajstić information content (AvgIpc) is 2.15. The highest BCUT2D eigenvalue weighted by Gasteiger charge is 2.00. The molecule has 1 aromatic heterocycles. The van der Waals surface area contributed by atoms with Crippen LogP contribution in [0, 0.1) is 6.20 Å². The van der Waals surface area contributed by atoms with Crippen molar-refractivity contribution in [3.8, 4) is 0 Å². The Morgan fingerprint density at radius 3 is 3.00 bits per heavy atom. The van der Waals surface area contributed by atoms with Crippen LogP contribution in [0.25, 0.3) is 0 Å². The van der Waals surface area contributed by atoms with Gasteiger partial charge in [0.1, 0.15) is 0 Å². The molecule has 0 fully saturated rings. The Balaban J connectivity index is 2.61. The Morgan fingerprint density at radius 1 is 1.62 bits per heavy atom. The molecule has 1 heterocycles. The third kappa shape index (κ3) is 3.21. The van der Waals surface area contributed by atoms with E-state index in [1.54, 1.807) is 12.3 Å². The summed E-state index contributed by atoms with van der Waals surface area (Å²) >= 11 is 0. The second-order valence-corrected chi connectivity index (χ2v) is 2.67. The molecule has 0 aliphatic rings. The number of rotatable bonds is 4. The first kappa shape index (κ1) is 9.67. The number of hydrogen-bond acceptors (Lipinski definition) is 3. The van der Waals surface area contributed by atoms with E-state index in [9.17, 15) is 4.79 Å². The summed E-state index contributed by atoms with van der Waals surface area (Å²) in [4.78, 5) is 14.0. The van der Waals surface area contributed by atoms with E-state index in [-0.39, 0.29) is 13.0 Å². The van der Waals surface area contributed by atoms with Gasteiger partial charge in [-0.15, -0.1) is 0 Å². The van der Waals surface area contributed by atoms with E-state index in [0.29, 0.717) is 12.0 Å². The van der Waals surface area contributed by atoms with Crippen LogP contribution in [-0.2, 0) is 17.8 Å². The second kappa shape index (κ2) is 4.57. The molecular weight excluding hydrogens is 170 g/mol. The van der Waals surface area contributed by atoms with E-state index in [2.05, 4.69) is 11.2 Å². The number of aromatic nitrogens is 1. The second-order valence-electron chi connectivity index (χ2n) is 2.67. The lowest BCUT2D eigenvalue weighted by Gasteiger charge is -1.99. The van der Waals surface area contributed by atoms with Crippen molar-refractivity contribution < 1.29 is 15.0 Å². The topological polar surface area (TPSA) is 70.4 Å². The van der Waals surface area contributed by atoms with E-state index >= 15 is 0 Å². The predicted molar refractivity (Wildman–Crippen MR) is 45.0 cm³/mol. The van der Waals surface area contributed by atoms with Gasteiger partial charge in [-0.05, 0) is 18.1 Å². The first-order chi connectivity index (χ1) is 6.22. The van der Waals surface area contributed by atoms with Crippen LogP contribution in [-0.4, -0.2) is 21.2 Å². The Hall–Kier alpha value is -1.42. The average molecular weight is 180 g/mol. The zero-order valence-electron chi connectivity index (χ0n) is 7.03. The maximum Gasteiger partial charge on any atom is 0.303 e. The molecule has 69 valence electrons. The number of nitrogens with zero attached hydrogens (tertiary/aromatic N) is 1. The molecule has 0 spiro atoms. The molecule has 2 N–H and O–H groups in total. The van der Waals surface area contributed by atoms with Gasteiger partial charge < -0.3 is 10.2 Å². The standard InChI is InChI=1S/C9H10NO3/c11-6-8-3-7(4-10-5-8)1-2-9(12)13/h3-4,11H,1-2,6H2,(H,12,13). The van der Waals surface area contributed by atoms with Crippen LogP contribution in [0.4, 0.5) is 0 Å². The van der Waals surface area contributed by atoms with Crippen LogP contribution >= 0.6 is 0 Å². The molecule has 0 atom stereocenters. The van der Waals surface area contributed by atoms with Crippen molar-refractivity contribution in [2.24, 2.45) is 0 Å². The van der Waals surface area contributed by atoms with Gasteiger partial charge in [0, 0.05) is 18.2 Å². The summed E-state index contributed by atoms with van der Waals surface area (Å²) in [5, 5.41) is 17.2. The van der Waals surface area contributed by atoms with Crippen molar-refractivity contribution in [2.45, 2.75) is 19.4 Å². The number of carboxylic acid groups (broad SMARTS) is 1. The number of aryl methyl sites for hydroxylation is 1. The molecule has 0 amide bonds. The maximum atomic E-state index is 10.2. The summed E-state index contributed by atoms with van der Waals surface area (Å²) in [6, 6.07) is 1.70. The minimum atomic E-state index is -0.835. The minimum Gasteiger partial charge on any atom is -0.481 e. The van der Waals surface area contributed by atoms with E-state index in [1.807, 2.05) is 0 Å². The van der Waals surface area contributed by atoms with Crippen LogP contribution < -0.4 is 0 Å². The quantitative estimate of drug-likeness (QED) is 0.703. The highest BCUT2D eigenvalue weighted by atomic mass is 16.4. The number of aliphatic carboxylic acids is 1. The van der Waals surface area contributed by atoms with Gasteiger partial charge in [-0.1, -0.05) is 0 Å². The van der Waals surface area contributed by atoms with Gasteiger partial charge in [-0.2, -0.15) is 0 Å². The van der Waals surface area contributed by atoms with Crippen molar-refractivity contribution in [1.82, 2.24) is 4.98 Å². The van der Waals surface area contributed by atoms with E-state index in [1.165, 1.54) is 0 Å². The van der Waals surface area contributed by atoms with Gasteiger partial charge >= 0.3 is 5.97 Å². The summed E-state index contributed by atoms with van der Waals surface area (Å²) in [5.74, 6) is -0.835. The van der Waals surface area contributed by atoms with Gasteiger partial charge in [-0.3, -0.25) is 9.78 Å². The van der Waals surface area contributed by atoms with Crippen LogP contribution in [0.15, 0.2) is 12.3 Å². The fraction of sp³-hybridized carbons (Fsp3) is 0.333. The Bertz CT molecular complexity index is 299. The Morgan fingerprint density at radius 2 is 2.38 bits per heavy atom. The van der Waals surface area contributed by atoms with Gasteiger partial charge in [0.2, 0.25) is 0 Å². The summed E-state index contributed by atoms with van der Waals surface area (Å²) < 4.78 is 0. The van der Waals surface area contributed by atoms with Gasteiger partial charge in [0.15, 0.2) is 0 Å². The molecule has 1 rings (SSSR count). The molecule has 4 nitrogen and oxygen atoms in total. The lowest BCUT2D eigenvalue weighted by atomic mass is 10.1. The van der Waals surface area contributed by atoms with Gasteiger partial charge in [0.25, 0.3) is 0 Å². The highest BCUT2D eigenvalue weighted by molar-refractivity contribution is 5.67. The van der Waals surface area contributed by atoms with Crippen LogP contribution in [0.1, 0.15) is 17.5 Å². The monoisotopic (exact) mass is 180 g/mol. The molecule has 4 heteroatoms. The third-order valence-electron chi connectivity index (χ3n) is 1.60. The van der Waals surface area contributed by atoms with Crippen LogP contribution in [0.2, 0.25) is 0 Å². The molecule has 0 unspecified atom stereocenters. The maximum absolute atomic E-state index is 10.2. The first-order valence-electron chi connectivity index (χ1n) is 3.90. The van der Waals surface area contributed by atoms with Crippen LogP contribution in [0.3, 0.4) is 0 Å². The normalized spacial score (nSPS) is 9.92. The third-order valence-corrected chi connectivity index (χ3v) is 1.60. The molecule has 1 aromatic rings. The Labute approximate surface area is 75.9 Å². The SMILES string of the molecule is O=C(O)CCc1cn[c]c(CO)c1. The predicted octanol–water partition coefficient (Wildman–Crippen LogP) is 0.391. The molecule has 13 heavy (non-hydrogen) atoms. The Kier molecular flexibility index (Phi) is 3.40. The van der Waals surface area contributed by atoms with Gasteiger partial charge in [0.05, 0.1) is 12.8 Å². The van der Waals surface area contributed by atoms with Crippen molar-refractivity contribution in [3.63, 3.8) is 0 Å². The molecule has 0 saturated carbocycles. The van der Waals surface area contributed by atoms with Crippen molar-refractivity contribution in [3.05, 3.63) is 29.6 Å². The van der Waals surface area contributed by atoms with E-state index in [4.69, 9.17) is 10.2 Å². The number of carboxylic acids is 1. The molecule has 1 radical (unpaired) electrons. The zero-order valence-corrected chi connectivity index (χ0v) is 7.03. The minimum absolute atomic E-state index is 0.0799. The molecule has 0 aliphatic heterocycles. The van der Waals surface area contributed by atoms with Crippen molar-refractivity contribution in [2.75, 3.05) is 0 Å². The number of pyridine rings is 1. The summed E-state index contributed by atoms with van der Waals surface area (Å²) in [5.41, 5.74) is 1.40. The fourth-order valence-corrected chi connectivity index (χ4v) is 0.960. The largest absolute Gasteiger partial charge is 0.481 e. The number of aliphatic hydroxyl groups excluding tert-OH is 1. The van der Waals surface area contributed by atoms with Gasteiger partial charge in [-0.25, -0.2) is 0 Å². The number of aliphatic hydroxyl groups is 1. The zero-order chi connectivity index (χ0) is 9.68. The lowest BCUT2D eigenvalue weighted by Crippen LogP contribution is -1.98. The van der Waals surface area contributed by atoms with E-state index < -0.39 is 5.97 Å².